The third-order valence-electron chi connectivity index (χ3n) is 2.80. The normalized spacial score (nSPS) is 10.2. The lowest BCUT2D eigenvalue weighted by Gasteiger charge is -2.14. The molecule has 20 heavy (non-hydrogen) atoms. The van der Waals surface area contributed by atoms with Crippen molar-refractivity contribution in [3.8, 4) is 5.75 Å². The van der Waals surface area contributed by atoms with Crippen LogP contribution in [0, 0.1) is 0 Å². The Labute approximate surface area is 122 Å². The first kappa shape index (κ1) is 14.3. The van der Waals surface area contributed by atoms with Gasteiger partial charge >= 0.3 is 5.97 Å². The Balaban J connectivity index is 2.32. The zero-order chi connectivity index (χ0) is 14.7. The Hall–Kier alpha value is -2.14. The zero-order valence-corrected chi connectivity index (χ0v) is 12.4. The van der Waals surface area contributed by atoms with Gasteiger partial charge in [0, 0.05) is 14.1 Å². The summed E-state index contributed by atoms with van der Waals surface area (Å²) in [6.07, 6.45) is 0. The predicted octanol–water partition coefficient (Wildman–Crippen LogP) is 2.85. The van der Waals surface area contributed by atoms with E-state index in [-0.39, 0.29) is 5.97 Å². The lowest BCUT2D eigenvalue weighted by Crippen LogP contribution is -2.24. The number of methoxy groups -OCH3 is 1. The molecule has 4 nitrogen and oxygen atoms in total. The largest absolute Gasteiger partial charge is 0.465 e. The van der Waals surface area contributed by atoms with Crippen LogP contribution in [0.15, 0.2) is 36.4 Å². The average Bonchev–Trinajstić information content (AvgIpc) is 2.45. The first-order valence-electron chi connectivity index (χ1n) is 6.02. The summed E-state index contributed by atoms with van der Waals surface area (Å²) in [5.74, 6) is 0.322. The Morgan fingerprint density at radius 1 is 1.10 bits per heavy atom. The van der Waals surface area contributed by atoms with Crippen LogP contribution in [0.4, 0.5) is 0 Å². The van der Waals surface area contributed by atoms with E-state index < -0.39 is 0 Å². The fourth-order valence-electron chi connectivity index (χ4n) is 1.72. The fourth-order valence-corrected chi connectivity index (χ4v) is 1.82. The minimum atomic E-state index is -0.346. The van der Waals surface area contributed by atoms with Crippen molar-refractivity contribution in [2.24, 2.45) is 0 Å². The van der Waals surface area contributed by atoms with Crippen LogP contribution in [0.1, 0.15) is 10.4 Å². The van der Waals surface area contributed by atoms with Gasteiger partial charge in [-0.3, -0.25) is 0 Å². The number of benzene rings is 2. The van der Waals surface area contributed by atoms with Crippen molar-refractivity contribution >= 4 is 34.1 Å². The van der Waals surface area contributed by atoms with Crippen molar-refractivity contribution in [3.63, 3.8) is 0 Å². The van der Waals surface area contributed by atoms with Gasteiger partial charge in [-0.05, 0) is 47.3 Å². The summed E-state index contributed by atoms with van der Waals surface area (Å²) in [6, 6.07) is 10.9. The molecule has 0 heterocycles. The van der Waals surface area contributed by atoms with E-state index in [9.17, 15) is 4.79 Å². The van der Waals surface area contributed by atoms with Gasteiger partial charge in [0.15, 0.2) is 0 Å². The van der Waals surface area contributed by atoms with Crippen LogP contribution in [0.2, 0.25) is 0 Å². The monoisotopic (exact) mass is 289 g/mol. The highest BCUT2D eigenvalue weighted by Gasteiger charge is 2.07. The molecule has 5 heteroatoms. The Morgan fingerprint density at radius 2 is 1.75 bits per heavy atom. The van der Waals surface area contributed by atoms with Crippen molar-refractivity contribution in [3.05, 3.63) is 42.0 Å². The van der Waals surface area contributed by atoms with Gasteiger partial charge in [0.1, 0.15) is 5.75 Å². The van der Waals surface area contributed by atoms with Crippen molar-refractivity contribution in [2.75, 3.05) is 21.2 Å². The maximum Gasteiger partial charge on any atom is 0.337 e. The number of rotatable bonds is 2. The van der Waals surface area contributed by atoms with E-state index in [0.717, 1.165) is 10.8 Å². The van der Waals surface area contributed by atoms with Gasteiger partial charge in [0.25, 0.3) is 5.17 Å². The number of fused-ring (bicyclic) bond motifs is 1. The number of hydrogen-bond donors (Lipinski definition) is 0. The highest BCUT2D eigenvalue weighted by atomic mass is 32.1. The van der Waals surface area contributed by atoms with Crippen LogP contribution >= 0.6 is 12.2 Å². The predicted molar refractivity (Wildman–Crippen MR) is 82.2 cm³/mol. The SMILES string of the molecule is COC(=O)c1ccc2cc(OC(=S)N(C)C)ccc2c1. The molecule has 2 aromatic carbocycles. The molecule has 0 saturated heterocycles. The van der Waals surface area contributed by atoms with E-state index in [4.69, 9.17) is 21.7 Å². The van der Waals surface area contributed by atoms with Crippen molar-refractivity contribution in [1.29, 1.82) is 0 Å². The van der Waals surface area contributed by atoms with Crippen molar-refractivity contribution in [1.82, 2.24) is 4.90 Å². The summed E-state index contributed by atoms with van der Waals surface area (Å²) in [4.78, 5) is 13.2. The molecule has 0 saturated carbocycles. The first-order valence-corrected chi connectivity index (χ1v) is 6.43. The third-order valence-corrected chi connectivity index (χ3v) is 3.25. The van der Waals surface area contributed by atoms with E-state index in [1.54, 1.807) is 17.0 Å². The van der Waals surface area contributed by atoms with Crippen LogP contribution in [0.5, 0.6) is 5.75 Å². The molecule has 0 aliphatic rings. The van der Waals surface area contributed by atoms with Crippen molar-refractivity contribution in [2.45, 2.75) is 0 Å². The van der Waals surface area contributed by atoms with E-state index in [0.29, 0.717) is 16.5 Å². The van der Waals surface area contributed by atoms with Crippen LogP contribution < -0.4 is 4.74 Å². The third kappa shape index (κ3) is 3.05. The Morgan fingerprint density at radius 3 is 2.40 bits per heavy atom. The molecule has 2 aromatic rings. The van der Waals surface area contributed by atoms with Crippen molar-refractivity contribution < 1.29 is 14.3 Å². The zero-order valence-electron chi connectivity index (χ0n) is 11.5. The molecule has 0 aromatic heterocycles. The number of carbonyl (C=O) groups excluding carboxylic acids is 1. The van der Waals surface area contributed by atoms with E-state index >= 15 is 0 Å². The first-order chi connectivity index (χ1) is 9.51. The second-order valence-corrected chi connectivity index (χ2v) is 4.83. The van der Waals surface area contributed by atoms with Gasteiger partial charge < -0.3 is 14.4 Å². The molecule has 2 rings (SSSR count). The van der Waals surface area contributed by atoms with Gasteiger partial charge in [-0.25, -0.2) is 4.79 Å². The molecule has 0 fully saturated rings. The number of ether oxygens (including phenoxy) is 2. The number of hydrogen-bond acceptors (Lipinski definition) is 4. The topological polar surface area (TPSA) is 38.8 Å². The standard InChI is InChI=1S/C15H15NO3S/c1-16(2)15(20)19-13-7-6-10-8-12(14(17)18-3)5-4-11(10)9-13/h4-9H,1-3H3. The van der Waals surface area contributed by atoms with Gasteiger partial charge in [0.05, 0.1) is 12.7 Å². The highest BCUT2D eigenvalue weighted by Crippen LogP contribution is 2.22. The summed E-state index contributed by atoms with van der Waals surface area (Å²) in [5, 5.41) is 2.31. The maximum absolute atomic E-state index is 11.5. The average molecular weight is 289 g/mol. The second-order valence-electron chi connectivity index (χ2n) is 4.48. The molecule has 0 amide bonds. The van der Waals surface area contributed by atoms with Crippen LogP contribution in [0.25, 0.3) is 10.8 Å². The molecule has 0 aliphatic heterocycles. The van der Waals surface area contributed by atoms with Crippen LogP contribution in [-0.2, 0) is 4.74 Å². The summed E-state index contributed by atoms with van der Waals surface area (Å²) >= 11 is 5.10. The number of esters is 1. The van der Waals surface area contributed by atoms with Gasteiger partial charge in [0.2, 0.25) is 0 Å². The lowest BCUT2D eigenvalue weighted by molar-refractivity contribution is 0.0601. The molecule has 0 N–H and O–H groups in total. The Kier molecular flexibility index (Phi) is 4.20. The molecule has 104 valence electrons. The smallest absolute Gasteiger partial charge is 0.337 e. The fraction of sp³-hybridized carbons (Fsp3) is 0.200. The lowest BCUT2D eigenvalue weighted by atomic mass is 10.1. The van der Waals surface area contributed by atoms with Crippen LogP contribution in [-0.4, -0.2) is 37.2 Å². The molecular weight excluding hydrogens is 274 g/mol. The number of carbonyl (C=O) groups is 1. The van der Waals surface area contributed by atoms with Gasteiger partial charge in [-0.1, -0.05) is 12.1 Å². The number of thiocarbonyl (C=S) groups is 1. The molecule has 0 unspecified atom stereocenters. The summed E-state index contributed by atoms with van der Waals surface area (Å²) in [5.41, 5.74) is 0.525. The van der Waals surface area contributed by atoms with Gasteiger partial charge in [-0.15, -0.1) is 0 Å². The maximum atomic E-state index is 11.5. The molecule has 0 radical (unpaired) electrons. The van der Waals surface area contributed by atoms with E-state index in [1.807, 2.05) is 38.4 Å². The summed E-state index contributed by atoms with van der Waals surface area (Å²) in [6.45, 7) is 0. The second kappa shape index (κ2) is 5.88. The molecule has 0 atom stereocenters. The Bertz CT molecular complexity index is 667. The van der Waals surface area contributed by atoms with E-state index in [2.05, 4.69) is 0 Å². The molecule has 0 bridgehead atoms. The molecule has 0 spiro atoms. The minimum absolute atomic E-state index is 0.346. The summed E-state index contributed by atoms with van der Waals surface area (Å²) in [7, 11) is 5.02. The minimum Gasteiger partial charge on any atom is -0.465 e. The molecular formula is C15H15NO3S. The van der Waals surface area contributed by atoms with E-state index in [1.165, 1.54) is 7.11 Å². The number of nitrogens with zero attached hydrogens (tertiary/aromatic N) is 1. The quantitative estimate of drug-likeness (QED) is 0.628. The summed E-state index contributed by atoms with van der Waals surface area (Å²) < 4.78 is 10.3. The van der Waals surface area contributed by atoms with Gasteiger partial charge in [-0.2, -0.15) is 0 Å². The van der Waals surface area contributed by atoms with Crippen LogP contribution in [0.3, 0.4) is 0 Å². The highest BCUT2D eigenvalue weighted by molar-refractivity contribution is 7.80. The molecule has 0 aliphatic carbocycles.